The SMILES string of the molecule is CCN(CC(C)(C)O)C(=O)Nc1cnn(-c2ccccc2Cl)c1. The molecule has 2 amide bonds. The van der Waals surface area contributed by atoms with Crippen LogP contribution in [0, 0.1) is 0 Å². The minimum Gasteiger partial charge on any atom is -0.389 e. The van der Waals surface area contributed by atoms with Crippen LogP contribution in [0.3, 0.4) is 0 Å². The molecule has 0 aliphatic rings. The van der Waals surface area contributed by atoms with Crippen molar-refractivity contribution in [2.24, 2.45) is 0 Å². The van der Waals surface area contributed by atoms with Crippen molar-refractivity contribution in [3.63, 3.8) is 0 Å². The molecule has 0 saturated carbocycles. The Bertz CT molecular complexity index is 679. The number of hydrogen-bond donors (Lipinski definition) is 2. The van der Waals surface area contributed by atoms with Crippen molar-refractivity contribution in [3.8, 4) is 5.69 Å². The highest BCUT2D eigenvalue weighted by atomic mass is 35.5. The van der Waals surface area contributed by atoms with Gasteiger partial charge >= 0.3 is 6.03 Å². The van der Waals surface area contributed by atoms with E-state index in [2.05, 4.69) is 10.4 Å². The number of urea groups is 1. The van der Waals surface area contributed by atoms with Crippen molar-refractivity contribution in [2.75, 3.05) is 18.4 Å². The Morgan fingerprint density at radius 1 is 1.43 bits per heavy atom. The number of amides is 2. The number of hydrogen-bond acceptors (Lipinski definition) is 3. The molecule has 0 unspecified atom stereocenters. The minimum absolute atomic E-state index is 0.244. The van der Waals surface area contributed by atoms with Crippen LogP contribution in [-0.2, 0) is 0 Å². The van der Waals surface area contributed by atoms with Crippen molar-refractivity contribution in [1.29, 1.82) is 0 Å². The Labute approximate surface area is 140 Å². The maximum Gasteiger partial charge on any atom is 0.322 e. The van der Waals surface area contributed by atoms with Crippen molar-refractivity contribution in [1.82, 2.24) is 14.7 Å². The summed E-state index contributed by atoms with van der Waals surface area (Å²) in [6.45, 7) is 5.93. The van der Waals surface area contributed by atoms with Crippen molar-refractivity contribution in [2.45, 2.75) is 26.4 Å². The fourth-order valence-electron chi connectivity index (χ4n) is 2.15. The van der Waals surface area contributed by atoms with E-state index in [-0.39, 0.29) is 12.6 Å². The number of aromatic nitrogens is 2. The van der Waals surface area contributed by atoms with Gasteiger partial charge in [0.1, 0.15) is 0 Å². The van der Waals surface area contributed by atoms with E-state index in [9.17, 15) is 9.90 Å². The van der Waals surface area contributed by atoms with E-state index in [1.54, 1.807) is 37.0 Å². The maximum atomic E-state index is 12.3. The van der Waals surface area contributed by atoms with Gasteiger partial charge in [0, 0.05) is 6.54 Å². The number of nitrogens with zero attached hydrogens (tertiary/aromatic N) is 3. The van der Waals surface area contributed by atoms with E-state index in [0.717, 1.165) is 5.69 Å². The van der Waals surface area contributed by atoms with Crippen LogP contribution >= 0.6 is 11.6 Å². The lowest BCUT2D eigenvalue weighted by Crippen LogP contribution is -2.44. The van der Waals surface area contributed by atoms with Crippen molar-refractivity contribution >= 4 is 23.3 Å². The average molecular weight is 337 g/mol. The van der Waals surface area contributed by atoms with Crippen molar-refractivity contribution < 1.29 is 9.90 Å². The van der Waals surface area contributed by atoms with E-state index in [1.165, 1.54) is 4.90 Å². The van der Waals surface area contributed by atoms with Gasteiger partial charge in [0.05, 0.1) is 40.9 Å². The average Bonchev–Trinajstić information content (AvgIpc) is 2.92. The molecule has 0 radical (unpaired) electrons. The van der Waals surface area contributed by atoms with Crippen LogP contribution in [0.25, 0.3) is 5.69 Å². The largest absolute Gasteiger partial charge is 0.389 e. The topological polar surface area (TPSA) is 70.4 Å². The Balaban J connectivity index is 2.09. The molecule has 1 aromatic carbocycles. The van der Waals surface area contributed by atoms with Gasteiger partial charge in [-0.25, -0.2) is 9.48 Å². The smallest absolute Gasteiger partial charge is 0.322 e. The number of anilines is 1. The van der Waals surface area contributed by atoms with Crippen LogP contribution in [0.4, 0.5) is 10.5 Å². The quantitative estimate of drug-likeness (QED) is 0.881. The van der Waals surface area contributed by atoms with Crippen LogP contribution in [0.1, 0.15) is 20.8 Å². The van der Waals surface area contributed by atoms with Gasteiger partial charge in [-0.1, -0.05) is 23.7 Å². The Kier molecular flexibility index (Phi) is 5.28. The molecule has 0 atom stereocenters. The molecule has 2 N–H and O–H groups in total. The minimum atomic E-state index is -0.949. The van der Waals surface area contributed by atoms with Crippen LogP contribution in [-0.4, -0.2) is 44.5 Å². The summed E-state index contributed by atoms with van der Waals surface area (Å²) in [5.41, 5.74) is 0.345. The van der Waals surface area contributed by atoms with Gasteiger partial charge in [-0.05, 0) is 32.9 Å². The van der Waals surface area contributed by atoms with Gasteiger partial charge in [0.25, 0.3) is 0 Å². The molecule has 7 heteroatoms. The van der Waals surface area contributed by atoms with Crippen LogP contribution < -0.4 is 5.32 Å². The second-order valence-electron chi connectivity index (χ2n) is 5.88. The molecule has 6 nitrogen and oxygen atoms in total. The molecule has 0 aliphatic carbocycles. The third-order valence-electron chi connectivity index (χ3n) is 3.18. The van der Waals surface area contributed by atoms with E-state index >= 15 is 0 Å². The first-order valence-electron chi connectivity index (χ1n) is 7.38. The third kappa shape index (κ3) is 4.71. The number of benzene rings is 1. The van der Waals surface area contributed by atoms with Gasteiger partial charge in [-0.2, -0.15) is 5.10 Å². The van der Waals surface area contributed by atoms with E-state index in [0.29, 0.717) is 17.3 Å². The lowest BCUT2D eigenvalue weighted by molar-refractivity contribution is 0.0501. The number of para-hydroxylation sites is 1. The van der Waals surface area contributed by atoms with Crippen molar-refractivity contribution in [3.05, 3.63) is 41.7 Å². The summed E-state index contributed by atoms with van der Waals surface area (Å²) in [4.78, 5) is 13.8. The molecule has 1 heterocycles. The third-order valence-corrected chi connectivity index (χ3v) is 3.50. The first kappa shape index (κ1) is 17.3. The van der Waals surface area contributed by atoms with Gasteiger partial charge in [-0.15, -0.1) is 0 Å². The molecule has 0 spiro atoms. The predicted octanol–water partition coefficient (Wildman–Crippen LogP) is 3.15. The number of aliphatic hydroxyl groups is 1. The summed E-state index contributed by atoms with van der Waals surface area (Å²) in [7, 11) is 0. The molecular formula is C16H21ClN4O2. The zero-order valence-corrected chi connectivity index (χ0v) is 14.2. The van der Waals surface area contributed by atoms with Gasteiger partial charge in [0.2, 0.25) is 0 Å². The Morgan fingerprint density at radius 2 is 2.13 bits per heavy atom. The fraction of sp³-hybridized carbons (Fsp3) is 0.375. The van der Waals surface area contributed by atoms with Crippen LogP contribution in [0.2, 0.25) is 5.02 Å². The number of carbonyl (C=O) groups is 1. The lowest BCUT2D eigenvalue weighted by Gasteiger charge is -2.27. The molecule has 2 rings (SSSR count). The molecule has 0 aliphatic heterocycles. The van der Waals surface area contributed by atoms with E-state index < -0.39 is 5.60 Å². The van der Waals surface area contributed by atoms with E-state index in [1.807, 2.05) is 25.1 Å². The summed E-state index contributed by atoms with van der Waals surface area (Å²) in [5.74, 6) is 0. The number of halogens is 1. The monoisotopic (exact) mass is 336 g/mol. The number of nitrogens with one attached hydrogen (secondary N) is 1. The number of likely N-dealkylation sites (N-methyl/N-ethyl adjacent to an activating group) is 1. The van der Waals surface area contributed by atoms with Crippen LogP contribution in [0.15, 0.2) is 36.7 Å². The number of rotatable bonds is 5. The molecule has 23 heavy (non-hydrogen) atoms. The highest BCUT2D eigenvalue weighted by Gasteiger charge is 2.21. The second-order valence-corrected chi connectivity index (χ2v) is 6.29. The normalized spacial score (nSPS) is 11.3. The zero-order valence-electron chi connectivity index (χ0n) is 13.5. The summed E-state index contributed by atoms with van der Waals surface area (Å²) >= 11 is 6.14. The molecule has 0 fully saturated rings. The molecule has 124 valence electrons. The van der Waals surface area contributed by atoms with Crippen LogP contribution in [0.5, 0.6) is 0 Å². The standard InChI is InChI=1S/C16H21ClN4O2/c1-4-20(11-16(2,3)23)15(22)19-12-9-18-21(10-12)14-8-6-5-7-13(14)17/h5-10,23H,4,11H2,1-3H3,(H,19,22). The first-order valence-corrected chi connectivity index (χ1v) is 7.76. The summed E-state index contributed by atoms with van der Waals surface area (Å²) in [5, 5.41) is 17.4. The summed E-state index contributed by atoms with van der Waals surface area (Å²) < 4.78 is 1.60. The van der Waals surface area contributed by atoms with E-state index in [4.69, 9.17) is 11.6 Å². The molecule has 0 bridgehead atoms. The van der Waals surface area contributed by atoms with Gasteiger partial charge in [0.15, 0.2) is 0 Å². The molecule has 1 aromatic heterocycles. The second kappa shape index (κ2) is 7.02. The highest BCUT2D eigenvalue weighted by Crippen LogP contribution is 2.20. The number of carbonyl (C=O) groups excluding carboxylic acids is 1. The summed E-state index contributed by atoms with van der Waals surface area (Å²) in [6, 6.07) is 7.04. The summed E-state index contributed by atoms with van der Waals surface area (Å²) in [6.07, 6.45) is 3.25. The molecule has 0 saturated heterocycles. The van der Waals surface area contributed by atoms with Gasteiger partial charge < -0.3 is 15.3 Å². The Morgan fingerprint density at radius 3 is 2.74 bits per heavy atom. The fourth-order valence-corrected chi connectivity index (χ4v) is 2.38. The maximum absolute atomic E-state index is 12.3. The molecule has 2 aromatic rings. The lowest BCUT2D eigenvalue weighted by atomic mass is 10.1. The predicted molar refractivity (Wildman–Crippen MR) is 91.1 cm³/mol. The Hall–Kier alpha value is -2.05. The highest BCUT2D eigenvalue weighted by molar-refractivity contribution is 6.32. The zero-order chi connectivity index (χ0) is 17.0. The molecular weight excluding hydrogens is 316 g/mol. The van der Waals surface area contributed by atoms with Gasteiger partial charge in [-0.3, -0.25) is 0 Å². The first-order chi connectivity index (χ1) is 10.8.